The summed E-state index contributed by atoms with van der Waals surface area (Å²) in [6.45, 7) is 3.67. The minimum Gasteiger partial charge on any atom is -0.460 e. The largest absolute Gasteiger partial charge is 0.460 e. The molecule has 1 aliphatic carbocycles. The van der Waals surface area contributed by atoms with Crippen LogP contribution in [0.15, 0.2) is 16.9 Å². The fraction of sp³-hybridized carbons (Fsp3) is 0.529. The zero-order valence-corrected chi connectivity index (χ0v) is 15.0. The lowest BCUT2D eigenvalue weighted by atomic mass is 9.92. The van der Waals surface area contributed by atoms with E-state index in [2.05, 4.69) is 20.4 Å². The summed E-state index contributed by atoms with van der Waals surface area (Å²) < 4.78 is 10.9. The molecule has 25 heavy (non-hydrogen) atoms. The van der Waals surface area contributed by atoms with Crippen molar-refractivity contribution in [3.05, 3.63) is 34.4 Å². The molecule has 0 radical (unpaired) electrons. The van der Waals surface area contributed by atoms with Crippen molar-refractivity contribution in [2.45, 2.75) is 58.1 Å². The maximum absolute atomic E-state index is 12.2. The maximum atomic E-state index is 12.2. The number of carbonyl (C=O) groups is 1. The molecule has 2 heterocycles. The Morgan fingerprint density at radius 1 is 1.28 bits per heavy atom. The van der Waals surface area contributed by atoms with Crippen molar-refractivity contribution in [2.24, 2.45) is 0 Å². The number of nitrogens with zero attached hydrogens (tertiary/aromatic N) is 3. The molecule has 0 atom stereocenters. The molecule has 1 aliphatic rings. The van der Waals surface area contributed by atoms with E-state index in [1.165, 1.54) is 12.4 Å². The number of ether oxygens (including phenoxy) is 1. The van der Waals surface area contributed by atoms with Gasteiger partial charge in [0.2, 0.25) is 5.91 Å². The molecule has 8 heteroatoms. The van der Waals surface area contributed by atoms with E-state index in [-0.39, 0.29) is 18.1 Å². The summed E-state index contributed by atoms with van der Waals surface area (Å²) in [5, 5.41) is 7.45. The zero-order valence-electron chi connectivity index (χ0n) is 14.3. The van der Waals surface area contributed by atoms with E-state index >= 15 is 0 Å². The molecule has 1 amide bonds. The van der Waals surface area contributed by atoms with Gasteiger partial charge in [-0.2, -0.15) is 0 Å². The smallest absolute Gasteiger partial charge is 0.316 e. The van der Waals surface area contributed by atoms with Crippen molar-refractivity contribution in [1.82, 2.24) is 20.4 Å². The number of hydrogen-bond donors (Lipinski definition) is 1. The fourth-order valence-electron chi connectivity index (χ4n) is 3.03. The third-order valence-electron chi connectivity index (χ3n) is 4.43. The SMILES string of the molecule is Cc1noc(C)c1CC(=O)NC1CCC(Oc2ncc(Cl)cn2)CC1. The van der Waals surface area contributed by atoms with Crippen molar-refractivity contribution >= 4 is 17.5 Å². The molecule has 2 aromatic heterocycles. The van der Waals surface area contributed by atoms with Crippen LogP contribution in [-0.2, 0) is 11.2 Å². The normalized spacial score (nSPS) is 20.3. The van der Waals surface area contributed by atoms with Crippen molar-refractivity contribution in [3.63, 3.8) is 0 Å². The second kappa shape index (κ2) is 7.82. The van der Waals surface area contributed by atoms with E-state index < -0.39 is 0 Å². The van der Waals surface area contributed by atoms with E-state index in [0.717, 1.165) is 36.9 Å². The number of nitrogens with one attached hydrogen (secondary N) is 1. The highest BCUT2D eigenvalue weighted by Gasteiger charge is 2.25. The van der Waals surface area contributed by atoms with Gasteiger partial charge in [-0.05, 0) is 39.5 Å². The molecule has 1 N–H and O–H groups in total. The summed E-state index contributed by atoms with van der Waals surface area (Å²) in [4.78, 5) is 20.3. The van der Waals surface area contributed by atoms with Crippen LogP contribution in [0.3, 0.4) is 0 Å². The minimum absolute atomic E-state index is 0.000182. The second-order valence-electron chi connectivity index (χ2n) is 6.32. The van der Waals surface area contributed by atoms with Crippen LogP contribution in [0.25, 0.3) is 0 Å². The third-order valence-corrected chi connectivity index (χ3v) is 4.62. The Bertz CT molecular complexity index is 704. The first-order chi connectivity index (χ1) is 12.0. The minimum atomic E-state index is -0.000182. The Morgan fingerprint density at radius 3 is 2.56 bits per heavy atom. The van der Waals surface area contributed by atoms with Crippen LogP contribution >= 0.6 is 11.6 Å². The number of carbonyl (C=O) groups excluding carboxylic acids is 1. The second-order valence-corrected chi connectivity index (χ2v) is 6.76. The van der Waals surface area contributed by atoms with Gasteiger partial charge in [0.15, 0.2) is 0 Å². The molecule has 0 saturated heterocycles. The van der Waals surface area contributed by atoms with Crippen molar-refractivity contribution < 1.29 is 14.1 Å². The lowest BCUT2D eigenvalue weighted by molar-refractivity contribution is -0.121. The third kappa shape index (κ3) is 4.69. The predicted molar refractivity (Wildman–Crippen MR) is 91.5 cm³/mol. The molecule has 134 valence electrons. The van der Waals surface area contributed by atoms with Crippen molar-refractivity contribution in [2.75, 3.05) is 0 Å². The molecular weight excluding hydrogens is 344 g/mol. The van der Waals surface area contributed by atoms with E-state index in [0.29, 0.717) is 23.2 Å². The van der Waals surface area contributed by atoms with Gasteiger partial charge in [-0.25, -0.2) is 9.97 Å². The van der Waals surface area contributed by atoms with E-state index in [4.69, 9.17) is 20.9 Å². The van der Waals surface area contributed by atoms with Crippen molar-refractivity contribution in [3.8, 4) is 6.01 Å². The molecule has 0 aromatic carbocycles. The van der Waals surface area contributed by atoms with Crippen LogP contribution in [0.1, 0.15) is 42.7 Å². The Morgan fingerprint density at radius 2 is 1.96 bits per heavy atom. The molecule has 0 aliphatic heterocycles. The van der Waals surface area contributed by atoms with Gasteiger partial charge in [0.05, 0.1) is 29.5 Å². The average molecular weight is 365 g/mol. The van der Waals surface area contributed by atoms with Gasteiger partial charge < -0.3 is 14.6 Å². The molecule has 0 spiro atoms. The number of amides is 1. The van der Waals surface area contributed by atoms with Gasteiger partial charge in [-0.15, -0.1) is 0 Å². The lowest BCUT2D eigenvalue weighted by Gasteiger charge is -2.28. The quantitative estimate of drug-likeness (QED) is 0.877. The predicted octanol–water partition coefficient (Wildman–Crippen LogP) is 2.78. The lowest BCUT2D eigenvalue weighted by Crippen LogP contribution is -2.40. The first kappa shape index (κ1) is 17.7. The number of aryl methyl sites for hydroxylation is 2. The number of hydrogen-bond acceptors (Lipinski definition) is 6. The summed E-state index contributed by atoms with van der Waals surface area (Å²) >= 11 is 5.76. The highest BCUT2D eigenvalue weighted by atomic mass is 35.5. The van der Waals surface area contributed by atoms with Gasteiger partial charge in [0, 0.05) is 11.6 Å². The fourth-order valence-corrected chi connectivity index (χ4v) is 3.13. The molecule has 2 aromatic rings. The van der Waals surface area contributed by atoms with E-state index in [9.17, 15) is 4.79 Å². The van der Waals surface area contributed by atoms with Crippen LogP contribution in [0, 0.1) is 13.8 Å². The summed E-state index contributed by atoms with van der Waals surface area (Å²) in [5.74, 6) is 0.701. The summed E-state index contributed by atoms with van der Waals surface area (Å²) in [6.07, 6.45) is 6.84. The monoisotopic (exact) mass is 364 g/mol. The summed E-state index contributed by atoms with van der Waals surface area (Å²) in [6, 6.07) is 0.509. The molecule has 0 unspecified atom stereocenters. The zero-order chi connectivity index (χ0) is 17.8. The molecular formula is C17H21ClN4O3. The molecule has 1 fully saturated rings. The van der Waals surface area contributed by atoms with Crippen LogP contribution in [0.5, 0.6) is 6.01 Å². The molecule has 0 bridgehead atoms. The van der Waals surface area contributed by atoms with Gasteiger partial charge in [-0.1, -0.05) is 16.8 Å². The highest BCUT2D eigenvalue weighted by Crippen LogP contribution is 2.23. The Labute approximate surface area is 151 Å². The van der Waals surface area contributed by atoms with Gasteiger partial charge in [-0.3, -0.25) is 4.79 Å². The number of rotatable bonds is 5. The van der Waals surface area contributed by atoms with Crippen molar-refractivity contribution in [1.29, 1.82) is 0 Å². The Kier molecular flexibility index (Phi) is 5.53. The average Bonchev–Trinajstić information content (AvgIpc) is 2.90. The number of aromatic nitrogens is 3. The first-order valence-corrected chi connectivity index (χ1v) is 8.74. The topological polar surface area (TPSA) is 90.1 Å². The summed E-state index contributed by atoms with van der Waals surface area (Å²) in [5.41, 5.74) is 1.64. The van der Waals surface area contributed by atoms with Crippen LogP contribution in [0.4, 0.5) is 0 Å². The molecule has 1 saturated carbocycles. The highest BCUT2D eigenvalue weighted by molar-refractivity contribution is 6.30. The van der Waals surface area contributed by atoms with Gasteiger partial charge >= 0.3 is 6.01 Å². The molecule has 3 rings (SSSR count). The standard InChI is InChI=1S/C17H21ClN4O3/c1-10-15(11(2)25-22-10)7-16(23)21-13-3-5-14(6-4-13)24-17-19-8-12(18)9-20-17/h8-9,13-14H,3-7H2,1-2H3,(H,21,23). The van der Waals surface area contributed by atoms with Crippen LogP contribution < -0.4 is 10.1 Å². The van der Waals surface area contributed by atoms with Crippen LogP contribution in [-0.4, -0.2) is 33.2 Å². The summed E-state index contributed by atoms with van der Waals surface area (Å²) in [7, 11) is 0. The van der Waals surface area contributed by atoms with Gasteiger partial charge in [0.1, 0.15) is 11.9 Å². The van der Waals surface area contributed by atoms with Gasteiger partial charge in [0.25, 0.3) is 0 Å². The maximum Gasteiger partial charge on any atom is 0.316 e. The number of halogens is 1. The first-order valence-electron chi connectivity index (χ1n) is 8.36. The molecule has 7 nitrogen and oxygen atoms in total. The Balaban J connectivity index is 1.44. The van der Waals surface area contributed by atoms with E-state index in [1.807, 2.05) is 13.8 Å². The Hall–Kier alpha value is -2.15. The van der Waals surface area contributed by atoms with E-state index in [1.54, 1.807) is 0 Å². The van der Waals surface area contributed by atoms with Crippen LogP contribution in [0.2, 0.25) is 5.02 Å².